The average molecular weight is 1350 g/mol. The van der Waals surface area contributed by atoms with Gasteiger partial charge in [0, 0.05) is 107 Å². The van der Waals surface area contributed by atoms with Crippen LogP contribution in [0.2, 0.25) is 0 Å². The third-order valence-electron chi connectivity index (χ3n) is 18.0. The van der Waals surface area contributed by atoms with Crippen LogP contribution in [0.5, 0.6) is 0 Å². The largest absolute Gasteiger partial charge is 0.454 e. The highest BCUT2D eigenvalue weighted by Crippen LogP contribution is 2.43. The summed E-state index contributed by atoms with van der Waals surface area (Å²) in [6.07, 6.45) is 0. The molecule has 0 aliphatic carbocycles. The van der Waals surface area contributed by atoms with Crippen molar-refractivity contribution in [1.82, 2.24) is 4.57 Å². The van der Waals surface area contributed by atoms with Crippen LogP contribution in [-0.4, -0.2) is 4.57 Å². The van der Waals surface area contributed by atoms with Crippen molar-refractivity contribution >= 4 is 129 Å². The third-order valence-corrected chi connectivity index (χ3v) is 18.0. The molecule has 104 heavy (non-hydrogen) atoms. The minimum atomic E-state index is -0.411. The minimum Gasteiger partial charge on any atom is -0.454 e. The molecule has 0 aliphatic rings. The second-order valence-electron chi connectivity index (χ2n) is 24.8. The first-order chi connectivity index (χ1) is 53.6. The predicted octanol–water partition coefficient (Wildman–Crippen LogP) is 27.4. The van der Waals surface area contributed by atoms with Gasteiger partial charge in [-0.25, -0.2) is 0 Å². The molecule has 0 spiro atoms. The molecule has 16 aromatic carbocycles. The van der Waals surface area contributed by atoms with E-state index in [2.05, 4.69) is 303 Å². The summed E-state index contributed by atoms with van der Waals surface area (Å²) in [5.41, 5.74) is 21.5. The lowest BCUT2D eigenvalue weighted by Gasteiger charge is -2.26. The molecular formula is C96H73N7O. The highest BCUT2D eigenvalue weighted by Gasteiger charge is 2.20. The first-order valence-electron chi connectivity index (χ1n) is 37.1. The number of rotatable bonds is 17. The Morgan fingerprint density at radius 3 is 1.19 bits per heavy atom. The zero-order valence-corrected chi connectivity index (χ0v) is 56.7. The maximum Gasteiger partial charge on any atom is 0.158 e. The quantitative estimate of drug-likeness (QED) is 0.0840. The number of fused-ring (bicyclic) bond motifs is 6. The van der Waals surface area contributed by atoms with Crippen LogP contribution in [0.15, 0.2) is 429 Å². The van der Waals surface area contributed by atoms with Crippen LogP contribution in [0, 0.1) is 0 Å². The standard InChI is InChI=1S/C42H31N3.C30H22N2O.C24H20N2/c1-4-13-31(14-5-1)32-23-25-33(26-24-32)43-34-15-12-20-37(29-34)44(35-16-6-2-7-17-35)38-27-28-40-39-21-10-11-22-41(39)45(42(40)30-38)36-18-8-3-9-19-36;1-3-12-23(13-4-1)32(24-14-5-2-6-15-24)25-16-9-11-22(21-25)31-28-19-10-18-27-26-17-7-8-20-29(26)33-30(27)28;1-4-11-20(12-5-1)25-21-13-10-18-24(19-21)26(22-14-6-2-7-15-22)23-16-8-3-9-17-23/h1-30,43H;1-21,31H;1-19,25H/i;;2D,6D,7D,14D,15D. The molecule has 0 amide bonds. The summed E-state index contributed by atoms with van der Waals surface area (Å²) in [6.45, 7) is 0. The van der Waals surface area contributed by atoms with Crippen LogP contribution in [0.1, 0.15) is 6.85 Å². The van der Waals surface area contributed by atoms with Crippen molar-refractivity contribution in [3.63, 3.8) is 0 Å². The van der Waals surface area contributed by atoms with Gasteiger partial charge in [0.25, 0.3) is 0 Å². The third kappa shape index (κ3) is 14.4. The summed E-state index contributed by atoms with van der Waals surface area (Å²) >= 11 is 0. The van der Waals surface area contributed by atoms with Gasteiger partial charge >= 0.3 is 0 Å². The Morgan fingerprint density at radius 2 is 0.635 bits per heavy atom. The van der Waals surface area contributed by atoms with Crippen molar-refractivity contribution in [1.29, 1.82) is 0 Å². The van der Waals surface area contributed by atoms with Crippen LogP contribution in [-0.2, 0) is 0 Å². The van der Waals surface area contributed by atoms with Crippen LogP contribution in [0.4, 0.5) is 85.3 Å². The summed E-state index contributed by atoms with van der Waals surface area (Å²) in [7, 11) is 0. The molecule has 0 radical (unpaired) electrons. The molecule has 498 valence electrons. The molecule has 2 heterocycles. The van der Waals surface area contributed by atoms with Crippen molar-refractivity contribution in [2.75, 3.05) is 30.7 Å². The lowest BCUT2D eigenvalue weighted by molar-refractivity contribution is 0.670. The van der Waals surface area contributed by atoms with Gasteiger partial charge < -0.3 is 39.6 Å². The predicted molar refractivity (Wildman–Crippen MR) is 440 cm³/mol. The Balaban J connectivity index is 0.000000128. The lowest BCUT2D eigenvalue weighted by Crippen LogP contribution is -2.10. The molecule has 3 N–H and O–H groups in total. The normalized spacial score (nSPS) is 11.6. The van der Waals surface area contributed by atoms with E-state index in [-0.39, 0.29) is 29.9 Å². The smallest absolute Gasteiger partial charge is 0.158 e. The summed E-state index contributed by atoms with van der Waals surface area (Å²) in [5.74, 6) is 0. The summed E-state index contributed by atoms with van der Waals surface area (Å²) in [6, 6.07) is 133. The second-order valence-corrected chi connectivity index (χ2v) is 24.8. The van der Waals surface area contributed by atoms with E-state index in [4.69, 9.17) is 11.3 Å². The molecule has 0 bridgehead atoms. The number of benzene rings is 16. The number of nitrogens with one attached hydrogen (secondary N) is 3. The van der Waals surface area contributed by atoms with Crippen molar-refractivity contribution in [2.24, 2.45) is 0 Å². The zero-order chi connectivity index (χ0) is 74.0. The lowest BCUT2D eigenvalue weighted by atomic mass is 10.1. The number of furan rings is 1. The monoisotopic (exact) mass is 1340 g/mol. The van der Waals surface area contributed by atoms with Gasteiger partial charge in [-0.1, -0.05) is 243 Å². The van der Waals surface area contributed by atoms with Crippen LogP contribution in [0.3, 0.4) is 0 Å². The Labute approximate surface area is 613 Å². The first-order valence-corrected chi connectivity index (χ1v) is 34.6. The van der Waals surface area contributed by atoms with Gasteiger partial charge in [0.1, 0.15) is 5.58 Å². The van der Waals surface area contributed by atoms with E-state index < -0.39 is 6.04 Å². The highest BCUT2D eigenvalue weighted by atomic mass is 16.3. The Morgan fingerprint density at radius 1 is 0.250 bits per heavy atom. The van der Waals surface area contributed by atoms with Crippen LogP contribution < -0.4 is 30.7 Å². The molecule has 8 nitrogen and oxygen atoms in total. The molecule has 0 unspecified atom stereocenters. The van der Waals surface area contributed by atoms with E-state index in [9.17, 15) is 0 Å². The van der Waals surface area contributed by atoms with Crippen molar-refractivity contribution < 1.29 is 11.3 Å². The van der Waals surface area contributed by atoms with E-state index in [1.54, 1.807) is 4.90 Å². The molecule has 0 fully saturated rings. The number of nitrogens with zero attached hydrogens (tertiary/aromatic N) is 4. The summed E-state index contributed by atoms with van der Waals surface area (Å²) < 4.78 is 49.6. The van der Waals surface area contributed by atoms with E-state index in [1.807, 2.05) is 121 Å². The van der Waals surface area contributed by atoms with E-state index >= 15 is 0 Å². The second kappa shape index (κ2) is 30.6. The molecule has 0 aliphatic heterocycles. The Bertz CT molecular complexity index is 6090. The highest BCUT2D eigenvalue weighted by molar-refractivity contribution is 6.11. The first kappa shape index (κ1) is 58.8. The van der Waals surface area contributed by atoms with Crippen LogP contribution >= 0.6 is 0 Å². The summed E-state index contributed by atoms with van der Waals surface area (Å²) in [5, 5.41) is 15.3. The molecule has 18 rings (SSSR count). The fraction of sp³-hybridized carbons (Fsp3) is 0. The Kier molecular flexibility index (Phi) is 17.3. The van der Waals surface area contributed by atoms with Crippen LogP contribution in [0.25, 0.3) is 60.6 Å². The van der Waals surface area contributed by atoms with Gasteiger partial charge in [0.2, 0.25) is 0 Å². The number of para-hydroxylation sites is 10. The van der Waals surface area contributed by atoms with Crippen molar-refractivity contribution in [2.45, 2.75) is 0 Å². The van der Waals surface area contributed by atoms with Gasteiger partial charge in [-0.05, 0) is 193 Å². The Hall–Kier alpha value is -14.1. The molecule has 8 heteroatoms. The maximum atomic E-state index is 8.47. The molecule has 0 atom stereocenters. The van der Waals surface area contributed by atoms with Crippen molar-refractivity contribution in [3.05, 3.63) is 425 Å². The van der Waals surface area contributed by atoms with E-state index in [0.717, 1.165) is 95.9 Å². The molecule has 2 aromatic heterocycles. The van der Waals surface area contributed by atoms with Gasteiger partial charge in [-0.15, -0.1) is 0 Å². The summed E-state index contributed by atoms with van der Waals surface area (Å²) in [4.78, 5) is 6.28. The van der Waals surface area contributed by atoms with E-state index in [1.165, 1.54) is 32.9 Å². The maximum absolute atomic E-state index is 8.47. The van der Waals surface area contributed by atoms with Gasteiger partial charge in [-0.2, -0.15) is 0 Å². The van der Waals surface area contributed by atoms with E-state index in [0.29, 0.717) is 11.4 Å². The topological polar surface area (TPSA) is 63.9 Å². The molecule has 18 aromatic rings. The van der Waals surface area contributed by atoms with Gasteiger partial charge in [0.05, 0.1) is 23.6 Å². The minimum absolute atomic E-state index is 0.106. The molecule has 0 saturated carbocycles. The fourth-order valence-electron chi connectivity index (χ4n) is 13.3. The number of hydrogen-bond donors (Lipinski definition) is 3. The van der Waals surface area contributed by atoms with Gasteiger partial charge in [-0.3, -0.25) is 0 Å². The van der Waals surface area contributed by atoms with Crippen molar-refractivity contribution in [3.8, 4) is 16.8 Å². The number of hydrogen-bond acceptors (Lipinski definition) is 7. The molecular weight excluding hydrogens is 1270 g/mol. The number of anilines is 15. The molecule has 0 saturated heterocycles. The SMILES string of the molecule is [2H]c1c([2H])c([2H])c(N(c2ccccc2)c2cccc(Nc3ccccc3)c2)c([2H])c1[2H].c1ccc(-c2ccc(Nc3cccc(N(c4ccccc4)c4ccc5c6ccccc6n(-c6ccccc6)c5c4)c3)cc2)cc1.c1ccc(N(c2ccccc2)c2cccc(Nc3cccc4c3oc3ccccc34)c2)cc1. The zero-order valence-electron chi connectivity index (χ0n) is 61.7. The fourth-order valence-corrected chi connectivity index (χ4v) is 13.3. The number of aromatic nitrogens is 1. The van der Waals surface area contributed by atoms with Gasteiger partial charge in [0.15, 0.2) is 5.58 Å². The average Bonchev–Trinajstić information content (AvgIpc) is 1.64.